The fourth-order valence-electron chi connectivity index (χ4n) is 5.64. The maximum Gasteiger partial charge on any atom is 0.331 e. The molecule has 1 spiro atoms. The number of imidazole rings is 1. The standard InChI is InChI=1S/C29H34N4O3S/c1-3-36-28(35)23(31-24-19-25(34)29(24)14-5-4-6-15-29)18-20-9-11-21(12-10-20)33-26(13-17-37-2)32-22-8-7-16-30-27(22)33/h7-12,16,23H,3-6,13-15,17-19H2,1-2H3/t23-/m0/s1. The van der Waals surface area contributed by atoms with Gasteiger partial charge < -0.3 is 4.74 Å². The summed E-state index contributed by atoms with van der Waals surface area (Å²) in [5, 5.41) is 0. The van der Waals surface area contributed by atoms with Crippen molar-refractivity contribution < 1.29 is 14.3 Å². The number of fused-ring (bicyclic) bond motifs is 1. The first-order valence-corrected chi connectivity index (χ1v) is 14.6. The van der Waals surface area contributed by atoms with Crippen LogP contribution in [0.4, 0.5) is 0 Å². The Morgan fingerprint density at radius 2 is 1.97 bits per heavy atom. The highest BCUT2D eigenvalue weighted by Gasteiger charge is 2.52. The summed E-state index contributed by atoms with van der Waals surface area (Å²) in [7, 11) is 0. The SMILES string of the molecule is CCOC(=O)[C@H](Cc1ccc(-n2c(CCSC)nc3cccnc32)cc1)N=C1CC(=O)C12CCCCC2. The lowest BCUT2D eigenvalue weighted by Crippen LogP contribution is -2.52. The number of aryl methyl sites for hydroxylation is 1. The van der Waals surface area contributed by atoms with E-state index in [4.69, 9.17) is 14.7 Å². The average molecular weight is 519 g/mol. The normalized spacial score (nSPS) is 18.8. The molecule has 2 aliphatic rings. The molecule has 194 valence electrons. The van der Waals surface area contributed by atoms with Gasteiger partial charge in [-0.2, -0.15) is 11.8 Å². The minimum Gasteiger partial charge on any atom is -0.464 e. The number of aromatic nitrogens is 3. The summed E-state index contributed by atoms with van der Waals surface area (Å²) in [4.78, 5) is 39.7. The molecule has 3 aromatic rings. The summed E-state index contributed by atoms with van der Waals surface area (Å²) in [5.41, 5.74) is 4.20. The Kier molecular flexibility index (Phi) is 7.74. The molecule has 1 aromatic carbocycles. The zero-order chi connectivity index (χ0) is 25.8. The number of hydrogen-bond acceptors (Lipinski definition) is 7. The summed E-state index contributed by atoms with van der Waals surface area (Å²) in [6.45, 7) is 2.12. The lowest BCUT2D eigenvalue weighted by molar-refractivity contribution is -0.144. The van der Waals surface area contributed by atoms with Crippen molar-refractivity contribution in [2.75, 3.05) is 18.6 Å². The molecule has 7 nitrogen and oxygen atoms in total. The first-order valence-electron chi connectivity index (χ1n) is 13.2. The highest BCUT2D eigenvalue weighted by Crippen LogP contribution is 2.47. The number of carbonyl (C=O) groups is 2. The summed E-state index contributed by atoms with van der Waals surface area (Å²) in [6.07, 6.45) is 10.5. The third kappa shape index (κ3) is 5.08. The van der Waals surface area contributed by atoms with Gasteiger partial charge >= 0.3 is 5.97 Å². The van der Waals surface area contributed by atoms with Crippen LogP contribution in [0, 0.1) is 5.41 Å². The second-order valence-electron chi connectivity index (χ2n) is 9.91. The van der Waals surface area contributed by atoms with Crippen LogP contribution in [0.2, 0.25) is 0 Å². The van der Waals surface area contributed by atoms with Gasteiger partial charge in [0.05, 0.1) is 12.0 Å². The zero-order valence-corrected chi connectivity index (χ0v) is 22.4. The van der Waals surface area contributed by atoms with Crippen LogP contribution in [-0.4, -0.2) is 56.7 Å². The van der Waals surface area contributed by atoms with E-state index in [-0.39, 0.29) is 11.8 Å². The van der Waals surface area contributed by atoms with Crippen LogP contribution < -0.4 is 0 Å². The third-order valence-electron chi connectivity index (χ3n) is 7.63. The van der Waals surface area contributed by atoms with E-state index in [2.05, 4.69) is 27.9 Å². The molecule has 2 aromatic heterocycles. The van der Waals surface area contributed by atoms with Crippen molar-refractivity contribution in [3.63, 3.8) is 0 Å². The molecule has 2 fully saturated rings. The molecule has 5 rings (SSSR count). The van der Waals surface area contributed by atoms with Gasteiger partial charge in [0, 0.05) is 42.6 Å². The Hall–Kier alpha value is -3.00. The number of carbonyl (C=O) groups excluding carboxylic acids is 2. The number of nitrogens with zero attached hydrogens (tertiary/aromatic N) is 4. The van der Waals surface area contributed by atoms with Crippen molar-refractivity contribution >= 4 is 40.4 Å². The Morgan fingerprint density at radius 1 is 1.19 bits per heavy atom. The van der Waals surface area contributed by atoms with E-state index in [1.54, 1.807) is 18.0 Å². The van der Waals surface area contributed by atoms with Crippen LogP contribution in [0.3, 0.4) is 0 Å². The van der Waals surface area contributed by atoms with E-state index >= 15 is 0 Å². The molecule has 8 heteroatoms. The topological polar surface area (TPSA) is 86.4 Å². The van der Waals surface area contributed by atoms with Crippen molar-refractivity contribution in [2.45, 2.75) is 64.3 Å². The molecule has 2 heterocycles. The fraction of sp³-hybridized carbons (Fsp3) is 0.483. The van der Waals surface area contributed by atoms with Crippen LogP contribution in [-0.2, 0) is 27.2 Å². The van der Waals surface area contributed by atoms with E-state index in [9.17, 15) is 9.59 Å². The minimum atomic E-state index is -0.638. The summed E-state index contributed by atoms with van der Waals surface area (Å²) >= 11 is 1.79. The van der Waals surface area contributed by atoms with E-state index in [0.717, 1.165) is 78.2 Å². The monoisotopic (exact) mass is 518 g/mol. The van der Waals surface area contributed by atoms with E-state index in [0.29, 0.717) is 19.4 Å². The number of pyridine rings is 1. The van der Waals surface area contributed by atoms with E-state index in [1.807, 2.05) is 31.2 Å². The van der Waals surface area contributed by atoms with Gasteiger partial charge in [-0.3, -0.25) is 14.4 Å². The largest absolute Gasteiger partial charge is 0.464 e. The molecule has 37 heavy (non-hydrogen) atoms. The molecule has 0 saturated heterocycles. The number of benzene rings is 1. The van der Waals surface area contributed by atoms with Gasteiger partial charge in [-0.15, -0.1) is 0 Å². The first kappa shape index (κ1) is 25.6. The Morgan fingerprint density at radius 3 is 2.68 bits per heavy atom. The predicted octanol–water partition coefficient (Wildman–Crippen LogP) is 5.16. The van der Waals surface area contributed by atoms with Crippen molar-refractivity contribution in [1.82, 2.24) is 14.5 Å². The summed E-state index contributed by atoms with van der Waals surface area (Å²) < 4.78 is 7.50. The predicted molar refractivity (Wildman–Crippen MR) is 148 cm³/mol. The Labute approximate surface area is 222 Å². The third-order valence-corrected chi connectivity index (χ3v) is 8.24. The lowest BCUT2D eigenvalue weighted by atomic mass is 9.58. The second kappa shape index (κ2) is 11.2. The quantitative estimate of drug-likeness (QED) is 0.364. The maximum absolute atomic E-state index is 12.9. The molecule has 0 bridgehead atoms. The van der Waals surface area contributed by atoms with Gasteiger partial charge in [0.15, 0.2) is 11.7 Å². The van der Waals surface area contributed by atoms with Crippen LogP contribution in [0.1, 0.15) is 56.8 Å². The lowest BCUT2D eigenvalue weighted by Gasteiger charge is -2.44. The Bertz CT molecular complexity index is 1310. The number of Topliss-reactive ketones (excluding diaryl/α,β-unsaturated/α-hetero) is 1. The number of thioether (sulfide) groups is 1. The number of hydrogen-bond donors (Lipinski definition) is 0. The first-order chi connectivity index (χ1) is 18.1. The molecule has 0 aliphatic heterocycles. The smallest absolute Gasteiger partial charge is 0.331 e. The molecule has 0 unspecified atom stereocenters. The molecule has 0 radical (unpaired) electrons. The van der Waals surface area contributed by atoms with Crippen molar-refractivity contribution in [2.24, 2.45) is 10.4 Å². The number of esters is 1. The Balaban J connectivity index is 1.41. The summed E-state index contributed by atoms with van der Waals surface area (Å²) in [6, 6.07) is 11.4. The number of ketones is 1. The zero-order valence-electron chi connectivity index (χ0n) is 21.6. The molecule has 2 saturated carbocycles. The molecular weight excluding hydrogens is 484 g/mol. The van der Waals surface area contributed by atoms with Crippen LogP contribution >= 0.6 is 11.8 Å². The average Bonchev–Trinajstić information content (AvgIpc) is 3.30. The van der Waals surface area contributed by atoms with Crippen LogP contribution in [0.25, 0.3) is 16.9 Å². The molecule has 2 aliphatic carbocycles. The summed E-state index contributed by atoms with van der Waals surface area (Å²) in [5.74, 6) is 1.93. The highest BCUT2D eigenvalue weighted by atomic mass is 32.2. The molecule has 1 atom stereocenters. The van der Waals surface area contributed by atoms with Crippen molar-refractivity contribution in [1.29, 1.82) is 0 Å². The van der Waals surface area contributed by atoms with E-state index in [1.165, 1.54) is 0 Å². The fourth-order valence-corrected chi connectivity index (χ4v) is 6.03. The number of aliphatic imine (C=N–C) groups is 1. The maximum atomic E-state index is 12.9. The van der Waals surface area contributed by atoms with Crippen molar-refractivity contribution in [3.05, 3.63) is 54.0 Å². The van der Waals surface area contributed by atoms with Crippen LogP contribution in [0.5, 0.6) is 0 Å². The van der Waals surface area contributed by atoms with Gasteiger partial charge in [-0.1, -0.05) is 31.4 Å². The molecule has 0 amide bonds. The second-order valence-corrected chi connectivity index (χ2v) is 10.9. The van der Waals surface area contributed by atoms with E-state index < -0.39 is 11.5 Å². The number of ether oxygens (including phenoxy) is 1. The highest BCUT2D eigenvalue weighted by molar-refractivity contribution is 7.98. The van der Waals surface area contributed by atoms with Crippen LogP contribution in [0.15, 0.2) is 47.6 Å². The number of rotatable bonds is 9. The van der Waals surface area contributed by atoms with Gasteiger partial charge in [-0.05, 0) is 55.9 Å². The molecular formula is C29H34N4O3S. The van der Waals surface area contributed by atoms with Gasteiger partial charge in [0.2, 0.25) is 0 Å². The molecule has 0 N–H and O–H groups in total. The van der Waals surface area contributed by atoms with Gasteiger partial charge in [0.25, 0.3) is 0 Å². The minimum absolute atomic E-state index is 0.288. The van der Waals surface area contributed by atoms with Gasteiger partial charge in [0.1, 0.15) is 17.1 Å². The van der Waals surface area contributed by atoms with Crippen molar-refractivity contribution in [3.8, 4) is 5.69 Å². The van der Waals surface area contributed by atoms with Gasteiger partial charge in [-0.25, -0.2) is 14.8 Å².